The molecule has 1 saturated carbocycles. The van der Waals surface area contributed by atoms with Crippen molar-refractivity contribution in [3.8, 4) is 11.8 Å². The smallest absolute Gasteiger partial charge is 0.251 e. The van der Waals surface area contributed by atoms with Gasteiger partial charge in [-0.05, 0) is 43.4 Å². The summed E-state index contributed by atoms with van der Waals surface area (Å²) in [5.74, 6) is 6.52. The van der Waals surface area contributed by atoms with Crippen molar-refractivity contribution in [1.82, 2.24) is 5.32 Å². The lowest BCUT2D eigenvalue weighted by molar-refractivity contribution is 0.0949. The highest BCUT2D eigenvalue weighted by Crippen LogP contribution is 2.34. The summed E-state index contributed by atoms with van der Waals surface area (Å²) in [5.41, 5.74) is 8.02. The molecule has 1 fully saturated rings. The molecule has 2 unspecified atom stereocenters. The number of carbonyl (C=O) groups is 1. The SMILES string of the molecule is CCCC1CC1NC(=O)c1ccc(C)c(C#CCN)c1. The monoisotopic (exact) mass is 270 g/mol. The first-order valence-corrected chi connectivity index (χ1v) is 7.26. The second-order valence-electron chi connectivity index (χ2n) is 5.40. The van der Waals surface area contributed by atoms with Gasteiger partial charge in [-0.25, -0.2) is 0 Å². The summed E-state index contributed by atoms with van der Waals surface area (Å²) in [6, 6.07) is 6.01. The van der Waals surface area contributed by atoms with Crippen molar-refractivity contribution < 1.29 is 4.79 Å². The van der Waals surface area contributed by atoms with Crippen LogP contribution in [0, 0.1) is 24.7 Å². The Morgan fingerprint density at radius 2 is 2.30 bits per heavy atom. The Labute approximate surface area is 120 Å². The molecular weight excluding hydrogens is 248 g/mol. The molecule has 20 heavy (non-hydrogen) atoms. The number of carbonyl (C=O) groups excluding carboxylic acids is 1. The second kappa shape index (κ2) is 6.58. The average Bonchev–Trinajstić information content (AvgIpc) is 3.16. The third kappa shape index (κ3) is 3.61. The van der Waals surface area contributed by atoms with E-state index in [2.05, 4.69) is 24.1 Å². The highest BCUT2D eigenvalue weighted by molar-refractivity contribution is 5.95. The van der Waals surface area contributed by atoms with Crippen LogP contribution in [0.25, 0.3) is 0 Å². The van der Waals surface area contributed by atoms with E-state index in [1.165, 1.54) is 12.8 Å². The maximum absolute atomic E-state index is 12.2. The molecule has 0 saturated heterocycles. The van der Waals surface area contributed by atoms with E-state index >= 15 is 0 Å². The molecule has 0 spiro atoms. The average molecular weight is 270 g/mol. The standard InChI is InChI=1S/C17H22N2O/c1-3-5-14-11-16(14)19-17(20)15-8-7-12(2)13(10-15)6-4-9-18/h7-8,10,14,16H,3,5,9,11,18H2,1-2H3,(H,19,20). The Morgan fingerprint density at radius 1 is 1.50 bits per heavy atom. The van der Waals surface area contributed by atoms with Crippen molar-refractivity contribution in [2.45, 2.75) is 39.2 Å². The molecule has 106 valence electrons. The van der Waals surface area contributed by atoms with Crippen LogP contribution >= 0.6 is 0 Å². The fraction of sp³-hybridized carbons (Fsp3) is 0.471. The molecule has 1 aromatic carbocycles. The minimum absolute atomic E-state index is 0.00408. The number of amides is 1. The van der Waals surface area contributed by atoms with Crippen molar-refractivity contribution >= 4 is 5.91 Å². The quantitative estimate of drug-likeness (QED) is 0.824. The Balaban J connectivity index is 2.03. The number of nitrogens with one attached hydrogen (secondary N) is 1. The molecule has 0 aromatic heterocycles. The largest absolute Gasteiger partial charge is 0.349 e. The Morgan fingerprint density at radius 3 is 3.00 bits per heavy atom. The molecular formula is C17H22N2O. The number of hydrogen-bond acceptors (Lipinski definition) is 2. The molecule has 0 bridgehead atoms. The lowest BCUT2D eigenvalue weighted by atomic mass is 10.0. The van der Waals surface area contributed by atoms with Crippen LogP contribution in [0.5, 0.6) is 0 Å². The first-order chi connectivity index (χ1) is 9.65. The van der Waals surface area contributed by atoms with Gasteiger partial charge in [0.2, 0.25) is 0 Å². The summed E-state index contributed by atoms with van der Waals surface area (Å²) in [6.07, 6.45) is 3.50. The van der Waals surface area contributed by atoms with Crippen molar-refractivity contribution in [2.24, 2.45) is 11.7 Å². The summed E-state index contributed by atoms with van der Waals surface area (Å²) in [7, 11) is 0. The van der Waals surface area contributed by atoms with Gasteiger partial charge in [-0.3, -0.25) is 4.79 Å². The first-order valence-electron chi connectivity index (χ1n) is 7.26. The lowest BCUT2D eigenvalue weighted by Gasteiger charge is -2.06. The maximum Gasteiger partial charge on any atom is 0.251 e. The van der Waals surface area contributed by atoms with Crippen molar-refractivity contribution in [1.29, 1.82) is 0 Å². The van der Waals surface area contributed by atoms with Crippen LogP contribution in [-0.4, -0.2) is 18.5 Å². The van der Waals surface area contributed by atoms with E-state index < -0.39 is 0 Å². The van der Waals surface area contributed by atoms with Crippen LogP contribution in [-0.2, 0) is 0 Å². The highest BCUT2D eigenvalue weighted by atomic mass is 16.1. The molecule has 0 radical (unpaired) electrons. The Kier molecular flexibility index (Phi) is 4.81. The summed E-state index contributed by atoms with van der Waals surface area (Å²) < 4.78 is 0. The Bertz CT molecular complexity index is 554. The Hall–Kier alpha value is -1.79. The van der Waals surface area contributed by atoms with E-state index in [0.717, 1.165) is 17.5 Å². The van der Waals surface area contributed by atoms with Crippen LogP contribution in [0.2, 0.25) is 0 Å². The zero-order valence-electron chi connectivity index (χ0n) is 12.2. The van der Waals surface area contributed by atoms with Crippen LogP contribution in [0.1, 0.15) is 47.7 Å². The number of hydrogen-bond donors (Lipinski definition) is 2. The van der Waals surface area contributed by atoms with Crippen molar-refractivity contribution in [2.75, 3.05) is 6.54 Å². The fourth-order valence-corrected chi connectivity index (χ4v) is 2.41. The fourth-order valence-electron chi connectivity index (χ4n) is 2.41. The summed E-state index contributed by atoms with van der Waals surface area (Å²) in [5, 5.41) is 3.10. The van der Waals surface area contributed by atoms with Crippen LogP contribution in [0.3, 0.4) is 0 Å². The predicted octanol–water partition coefficient (Wildman–Crippen LogP) is 2.22. The number of nitrogens with two attached hydrogens (primary N) is 1. The normalized spacial score (nSPS) is 19.9. The third-order valence-corrected chi connectivity index (χ3v) is 3.72. The molecule has 2 rings (SSSR count). The van der Waals surface area contributed by atoms with Gasteiger partial charge in [-0.2, -0.15) is 0 Å². The molecule has 3 nitrogen and oxygen atoms in total. The second-order valence-corrected chi connectivity index (χ2v) is 5.40. The van der Waals surface area contributed by atoms with Crippen LogP contribution in [0.4, 0.5) is 0 Å². The molecule has 0 heterocycles. The van der Waals surface area contributed by atoms with Crippen molar-refractivity contribution in [3.63, 3.8) is 0 Å². The van der Waals surface area contributed by atoms with E-state index in [0.29, 0.717) is 24.1 Å². The van der Waals surface area contributed by atoms with E-state index in [9.17, 15) is 4.79 Å². The topological polar surface area (TPSA) is 55.1 Å². The van der Waals surface area contributed by atoms with Gasteiger partial charge in [0.05, 0.1) is 6.54 Å². The van der Waals surface area contributed by atoms with Gasteiger partial charge in [0.25, 0.3) is 5.91 Å². The van der Waals surface area contributed by atoms with Gasteiger partial charge in [0.15, 0.2) is 0 Å². The highest BCUT2D eigenvalue weighted by Gasteiger charge is 2.37. The molecule has 2 atom stereocenters. The summed E-state index contributed by atoms with van der Waals surface area (Å²) in [6.45, 7) is 4.50. The van der Waals surface area contributed by atoms with Crippen molar-refractivity contribution in [3.05, 3.63) is 34.9 Å². The minimum Gasteiger partial charge on any atom is -0.349 e. The lowest BCUT2D eigenvalue weighted by Crippen LogP contribution is -2.26. The molecule has 0 aliphatic heterocycles. The molecule has 3 heteroatoms. The number of rotatable bonds is 4. The van der Waals surface area contributed by atoms with Gasteiger partial charge in [-0.1, -0.05) is 31.3 Å². The van der Waals surface area contributed by atoms with Gasteiger partial charge < -0.3 is 11.1 Å². The van der Waals surface area contributed by atoms with Crippen LogP contribution < -0.4 is 11.1 Å². The third-order valence-electron chi connectivity index (χ3n) is 3.72. The zero-order chi connectivity index (χ0) is 14.5. The summed E-state index contributed by atoms with van der Waals surface area (Å²) >= 11 is 0. The molecule has 1 aliphatic rings. The maximum atomic E-state index is 12.2. The summed E-state index contributed by atoms with van der Waals surface area (Å²) in [4.78, 5) is 12.2. The van der Waals surface area contributed by atoms with Gasteiger partial charge in [0, 0.05) is 17.2 Å². The van der Waals surface area contributed by atoms with E-state index in [1.54, 1.807) is 0 Å². The molecule has 1 aromatic rings. The molecule has 1 amide bonds. The predicted molar refractivity (Wildman–Crippen MR) is 81.4 cm³/mol. The van der Waals surface area contributed by atoms with Gasteiger partial charge in [0.1, 0.15) is 0 Å². The zero-order valence-corrected chi connectivity index (χ0v) is 12.2. The van der Waals surface area contributed by atoms with E-state index in [4.69, 9.17) is 5.73 Å². The van der Waals surface area contributed by atoms with E-state index in [-0.39, 0.29) is 5.91 Å². The minimum atomic E-state index is 0.00408. The number of benzene rings is 1. The van der Waals surface area contributed by atoms with E-state index in [1.807, 2.05) is 25.1 Å². The van der Waals surface area contributed by atoms with Crippen LogP contribution in [0.15, 0.2) is 18.2 Å². The molecule has 3 N–H and O–H groups in total. The number of aryl methyl sites for hydroxylation is 1. The van der Waals surface area contributed by atoms with Gasteiger partial charge >= 0.3 is 0 Å². The molecule has 1 aliphatic carbocycles. The first kappa shape index (κ1) is 14.6. The van der Waals surface area contributed by atoms with Gasteiger partial charge in [-0.15, -0.1) is 0 Å².